The molecule has 0 fully saturated rings. The van der Waals surface area contributed by atoms with Gasteiger partial charge in [0.05, 0.1) is 10.9 Å². The number of nitrogens with zero attached hydrogens (tertiary/aromatic N) is 1. The van der Waals surface area contributed by atoms with Crippen molar-refractivity contribution >= 4 is 33.2 Å². The van der Waals surface area contributed by atoms with E-state index in [0.29, 0.717) is 38.4 Å². The van der Waals surface area contributed by atoms with Crippen LogP contribution in [0.2, 0.25) is 0 Å². The van der Waals surface area contributed by atoms with E-state index in [1.807, 2.05) is 19.1 Å². The van der Waals surface area contributed by atoms with Crippen LogP contribution in [0.1, 0.15) is 44.8 Å². The molecule has 0 saturated carbocycles. The van der Waals surface area contributed by atoms with Gasteiger partial charge in [0.2, 0.25) is 0 Å². The summed E-state index contributed by atoms with van der Waals surface area (Å²) in [6.07, 6.45) is 4.07. The molecule has 158 valence electrons. The van der Waals surface area contributed by atoms with Gasteiger partial charge in [0.15, 0.2) is 5.43 Å². The normalized spacial score (nSPS) is 12.9. The van der Waals surface area contributed by atoms with E-state index in [1.165, 1.54) is 22.3 Å². The van der Waals surface area contributed by atoms with E-state index in [1.54, 1.807) is 30.3 Å². The quantitative estimate of drug-likeness (QED) is 0.434. The number of hydrogen-bond donors (Lipinski definition) is 1. The van der Waals surface area contributed by atoms with Crippen molar-refractivity contribution in [3.63, 3.8) is 0 Å². The van der Waals surface area contributed by atoms with Crippen LogP contribution in [0.5, 0.6) is 0 Å². The van der Waals surface area contributed by atoms with Crippen LogP contribution in [0.25, 0.3) is 22.3 Å². The van der Waals surface area contributed by atoms with E-state index in [-0.39, 0.29) is 11.3 Å². The van der Waals surface area contributed by atoms with Crippen LogP contribution in [0.15, 0.2) is 57.7 Å². The van der Waals surface area contributed by atoms with Crippen LogP contribution in [-0.4, -0.2) is 5.91 Å². The molecule has 32 heavy (non-hydrogen) atoms. The number of benzene rings is 2. The molecular formula is C26H20N2O3S. The van der Waals surface area contributed by atoms with Gasteiger partial charge in [-0.05, 0) is 62.4 Å². The molecule has 0 spiro atoms. The van der Waals surface area contributed by atoms with Crippen LogP contribution in [0, 0.1) is 18.3 Å². The van der Waals surface area contributed by atoms with E-state index < -0.39 is 0 Å². The van der Waals surface area contributed by atoms with Gasteiger partial charge in [-0.2, -0.15) is 5.26 Å². The number of rotatable bonds is 3. The second-order valence-corrected chi connectivity index (χ2v) is 9.14. The Balaban J connectivity index is 1.41. The zero-order chi connectivity index (χ0) is 22.2. The molecule has 1 N–H and O–H groups in total. The summed E-state index contributed by atoms with van der Waals surface area (Å²) in [7, 11) is 0. The minimum Gasteiger partial charge on any atom is -0.456 e. The molecule has 0 radical (unpaired) electrons. The summed E-state index contributed by atoms with van der Waals surface area (Å²) in [4.78, 5) is 26.5. The summed E-state index contributed by atoms with van der Waals surface area (Å²) in [6, 6.07) is 16.2. The molecule has 0 unspecified atom stereocenters. The van der Waals surface area contributed by atoms with Crippen molar-refractivity contribution in [2.75, 3.05) is 5.32 Å². The average Bonchev–Trinajstić information content (AvgIpc) is 3.16. The highest BCUT2D eigenvalue weighted by atomic mass is 32.1. The fourth-order valence-electron chi connectivity index (χ4n) is 4.15. The van der Waals surface area contributed by atoms with Crippen LogP contribution >= 0.6 is 11.3 Å². The van der Waals surface area contributed by atoms with Crippen molar-refractivity contribution in [1.82, 2.24) is 0 Å². The molecule has 0 saturated heterocycles. The Bertz CT molecular complexity index is 1460. The molecular weight excluding hydrogens is 420 g/mol. The van der Waals surface area contributed by atoms with Crippen molar-refractivity contribution in [2.24, 2.45) is 0 Å². The molecule has 5 rings (SSSR count). The molecule has 1 amide bonds. The van der Waals surface area contributed by atoms with Crippen LogP contribution in [0.3, 0.4) is 0 Å². The van der Waals surface area contributed by atoms with E-state index in [9.17, 15) is 14.9 Å². The number of nitriles is 1. The predicted octanol–water partition coefficient (Wildman–Crippen LogP) is 5.83. The largest absolute Gasteiger partial charge is 0.456 e. The molecule has 0 bridgehead atoms. The van der Waals surface area contributed by atoms with Gasteiger partial charge in [0.25, 0.3) is 5.91 Å². The third kappa shape index (κ3) is 3.61. The number of anilines is 1. The molecule has 5 nitrogen and oxygen atoms in total. The van der Waals surface area contributed by atoms with Crippen molar-refractivity contribution < 1.29 is 9.21 Å². The Morgan fingerprint density at radius 2 is 1.88 bits per heavy atom. The summed E-state index contributed by atoms with van der Waals surface area (Å²) in [5.41, 5.74) is 4.31. The predicted molar refractivity (Wildman–Crippen MR) is 126 cm³/mol. The highest BCUT2D eigenvalue weighted by Gasteiger charge is 2.22. The van der Waals surface area contributed by atoms with Gasteiger partial charge in [-0.1, -0.05) is 23.8 Å². The van der Waals surface area contributed by atoms with E-state index in [4.69, 9.17) is 4.42 Å². The zero-order valence-corrected chi connectivity index (χ0v) is 18.3. The van der Waals surface area contributed by atoms with E-state index in [2.05, 4.69) is 11.4 Å². The summed E-state index contributed by atoms with van der Waals surface area (Å²) in [6.45, 7) is 1.93. The van der Waals surface area contributed by atoms with Crippen LogP contribution in [0.4, 0.5) is 5.00 Å². The Morgan fingerprint density at radius 1 is 1.09 bits per heavy atom. The van der Waals surface area contributed by atoms with Gasteiger partial charge < -0.3 is 9.73 Å². The van der Waals surface area contributed by atoms with E-state index in [0.717, 1.165) is 36.8 Å². The lowest BCUT2D eigenvalue weighted by Crippen LogP contribution is -2.11. The smallest absolute Gasteiger partial charge is 0.256 e. The molecule has 4 aromatic rings. The molecule has 1 aliphatic carbocycles. The van der Waals surface area contributed by atoms with Gasteiger partial charge in [-0.3, -0.25) is 9.59 Å². The highest BCUT2D eigenvalue weighted by Crippen LogP contribution is 2.37. The minimum atomic E-state index is -0.262. The van der Waals surface area contributed by atoms with Crippen molar-refractivity contribution in [3.8, 4) is 17.4 Å². The molecule has 0 atom stereocenters. The zero-order valence-electron chi connectivity index (χ0n) is 17.5. The third-order valence-electron chi connectivity index (χ3n) is 5.82. The van der Waals surface area contributed by atoms with Gasteiger partial charge in [0, 0.05) is 22.1 Å². The maximum absolute atomic E-state index is 12.8. The number of fused-ring (bicyclic) bond motifs is 2. The molecule has 2 aromatic heterocycles. The van der Waals surface area contributed by atoms with Crippen LogP contribution < -0.4 is 10.7 Å². The van der Waals surface area contributed by atoms with E-state index >= 15 is 0 Å². The summed E-state index contributed by atoms with van der Waals surface area (Å²) in [5.74, 6) is 0.193. The maximum Gasteiger partial charge on any atom is 0.256 e. The fraction of sp³-hybridized carbons (Fsp3) is 0.192. The first-order chi connectivity index (χ1) is 15.5. The van der Waals surface area contributed by atoms with Gasteiger partial charge >= 0.3 is 0 Å². The molecule has 1 aliphatic rings. The topological polar surface area (TPSA) is 83.1 Å². The van der Waals surface area contributed by atoms with Crippen molar-refractivity contribution in [1.29, 1.82) is 5.26 Å². The summed E-state index contributed by atoms with van der Waals surface area (Å²) in [5, 5.41) is 13.7. The highest BCUT2D eigenvalue weighted by molar-refractivity contribution is 7.16. The number of nitrogens with one attached hydrogen (secondary N) is 1. The molecule has 0 aliphatic heterocycles. The Hall–Kier alpha value is -3.69. The molecule has 6 heteroatoms. The lowest BCUT2D eigenvalue weighted by atomic mass is 9.96. The SMILES string of the molecule is Cc1ccc2oc(-c3ccc(C(=O)Nc4sc5c(c4C#N)CCCC5)cc3)cc(=O)c2c1. The first-order valence-electron chi connectivity index (χ1n) is 10.5. The lowest BCUT2D eigenvalue weighted by Gasteiger charge is -2.09. The molecule has 2 aromatic carbocycles. The van der Waals surface area contributed by atoms with Crippen molar-refractivity contribution in [2.45, 2.75) is 32.6 Å². The maximum atomic E-state index is 12.8. The second-order valence-electron chi connectivity index (χ2n) is 8.03. The standard InChI is InChI=1S/C26H20N2O3S/c1-15-6-11-22-19(12-15)21(29)13-23(31-22)16-7-9-17(10-8-16)25(30)28-26-20(14-27)18-4-2-3-5-24(18)32-26/h6-13H,2-5H2,1H3,(H,28,30). The number of hydrogen-bond acceptors (Lipinski definition) is 5. The average molecular weight is 441 g/mol. The van der Waals surface area contributed by atoms with Gasteiger partial charge in [0.1, 0.15) is 22.4 Å². The number of carbonyl (C=O) groups is 1. The fourth-order valence-corrected chi connectivity index (χ4v) is 5.38. The Kier molecular flexibility index (Phi) is 5.12. The summed E-state index contributed by atoms with van der Waals surface area (Å²) < 4.78 is 5.92. The number of aryl methyl sites for hydroxylation is 2. The number of carbonyl (C=O) groups excluding carboxylic acids is 1. The monoisotopic (exact) mass is 440 g/mol. The minimum absolute atomic E-state index is 0.0996. The number of thiophene rings is 1. The van der Waals surface area contributed by atoms with Crippen molar-refractivity contribution in [3.05, 3.63) is 85.9 Å². The Morgan fingerprint density at radius 3 is 2.66 bits per heavy atom. The molecule has 2 heterocycles. The number of amides is 1. The van der Waals surface area contributed by atoms with Gasteiger partial charge in [-0.15, -0.1) is 11.3 Å². The lowest BCUT2D eigenvalue weighted by molar-refractivity contribution is 0.102. The summed E-state index contributed by atoms with van der Waals surface area (Å²) >= 11 is 1.51. The Labute approximate surface area is 188 Å². The second kappa shape index (κ2) is 8.10. The van der Waals surface area contributed by atoms with Gasteiger partial charge in [-0.25, -0.2) is 0 Å². The van der Waals surface area contributed by atoms with Crippen LogP contribution in [-0.2, 0) is 12.8 Å². The first-order valence-corrected chi connectivity index (χ1v) is 11.4. The first kappa shape index (κ1) is 20.2. The third-order valence-corrected chi connectivity index (χ3v) is 7.03.